The lowest BCUT2D eigenvalue weighted by Gasteiger charge is -2.14. The molecule has 3 N–H and O–H groups in total. The first-order valence-electron chi connectivity index (χ1n) is 6.23. The second-order valence-corrected chi connectivity index (χ2v) is 4.46. The quantitative estimate of drug-likeness (QED) is 0.795. The molecule has 0 aromatic heterocycles. The molecule has 3 heteroatoms. The lowest BCUT2D eigenvalue weighted by molar-refractivity contribution is -0.117. The van der Waals surface area contributed by atoms with E-state index >= 15 is 0 Å². The van der Waals surface area contributed by atoms with Crippen LogP contribution >= 0.6 is 0 Å². The Bertz CT molecular complexity index is 363. The number of benzene rings is 1. The highest BCUT2D eigenvalue weighted by Crippen LogP contribution is 2.15. The number of anilines is 1. The zero-order valence-corrected chi connectivity index (χ0v) is 10.7. The number of hydrogen-bond acceptors (Lipinski definition) is 2. The van der Waals surface area contributed by atoms with Gasteiger partial charge in [0.15, 0.2) is 0 Å². The van der Waals surface area contributed by atoms with E-state index in [1.54, 1.807) is 0 Å². The third-order valence-corrected chi connectivity index (χ3v) is 2.92. The van der Waals surface area contributed by atoms with Gasteiger partial charge in [-0.25, -0.2) is 0 Å². The molecule has 0 saturated carbocycles. The monoisotopic (exact) mass is 234 g/mol. The number of para-hydroxylation sites is 1. The molecule has 0 aliphatic heterocycles. The zero-order valence-electron chi connectivity index (χ0n) is 10.7. The van der Waals surface area contributed by atoms with Crippen molar-refractivity contribution in [1.82, 2.24) is 0 Å². The van der Waals surface area contributed by atoms with E-state index in [1.165, 1.54) is 0 Å². The van der Waals surface area contributed by atoms with Crippen LogP contribution in [0.3, 0.4) is 0 Å². The highest BCUT2D eigenvalue weighted by Gasteiger charge is 2.12. The third-order valence-electron chi connectivity index (χ3n) is 2.92. The summed E-state index contributed by atoms with van der Waals surface area (Å²) < 4.78 is 0. The lowest BCUT2D eigenvalue weighted by Crippen LogP contribution is -2.22. The summed E-state index contributed by atoms with van der Waals surface area (Å²) in [6.45, 7) is 4.68. The summed E-state index contributed by atoms with van der Waals surface area (Å²) in [6.07, 6.45) is 2.59. The van der Waals surface area contributed by atoms with Gasteiger partial charge in [-0.05, 0) is 37.4 Å². The minimum Gasteiger partial charge on any atom is -0.330 e. The second-order valence-electron chi connectivity index (χ2n) is 4.46. The molecule has 1 aromatic rings. The van der Waals surface area contributed by atoms with E-state index in [9.17, 15) is 4.79 Å². The predicted octanol–water partition coefficient (Wildman–Crippen LogP) is 2.70. The lowest BCUT2D eigenvalue weighted by atomic mass is 9.99. The molecule has 0 aliphatic carbocycles. The largest absolute Gasteiger partial charge is 0.330 e. The smallest absolute Gasteiger partial charge is 0.224 e. The summed E-state index contributed by atoms with van der Waals surface area (Å²) >= 11 is 0. The Morgan fingerprint density at radius 2 is 2.12 bits per heavy atom. The van der Waals surface area contributed by atoms with Gasteiger partial charge in [0.05, 0.1) is 0 Å². The number of hydrogen-bond donors (Lipinski definition) is 2. The standard InChI is InChI=1S/C14H22N2O/c1-3-6-12(10-15)9-14(17)16-13-8-5-4-7-11(13)2/h4-5,7-8,12H,3,6,9-10,15H2,1-2H3,(H,16,17). The molecule has 1 atom stereocenters. The number of nitrogens with two attached hydrogens (primary N) is 1. The summed E-state index contributed by atoms with van der Waals surface area (Å²) in [5, 5.41) is 2.94. The Hall–Kier alpha value is -1.35. The SMILES string of the molecule is CCCC(CN)CC(=O)Nc1ccccc1C. The molecule has 3 nitrogen and oxygen atoms in total. The number of carbonyl (C=O) groups is 1. The van der Waals surface area contributed by atoms with Crippen LogP contribution < -0.4 is 11.1 Å². The van der Waals surface area contributed by atoms with Gasteiger partial charge in [-0.3, -0.25) is 4.79 Å². The third kappa shape index (κ3) is 4.57. The first-order chi connectivity index (χ1) is 8.17. The maximum absolute atomic E-state index is 11.8. The van der Waals surface area contributed by atoms with Crippen molar-refractivity contribution in [3.63, 3.8) is 0 Å². The fourth-order valence-electron chi connectivity index (χ4n) is 1.89. The molecule has 0 bridgehead atoms. The summed E-state index contributed by atoms with van der Waals surface area (Å²) in [5.41, 5.74) is 7.63. The molecule has 1 amide bonds. The molecular weight excluding hydrogens is 212 g/mol. The van der Waals surface area contributed by atoms with Crippen molar-refractivity contribution in [2.24, 2.45) is 11.7 Å². The Morgan fingerprint density at radius 3 is 2.71 bits per heavy atom. The fourth-order valence-corrected chi connectivity index (χ4v) is 1.89. The van der Waals surface area contributed by atoms with Crippen molar-refractivity contribution in [2.75, 3.05) is 11.9 Å². The minimum absolute atomic E-state index is 0.0585. The van der Waals surface area contributed by atoms with Crippen LogP contribution in [0.25, 0.3) is 0 Å². The summed E-state index contributed by atoms with van der Waals surface area (Å²) in [4.78, 5) is 11.8. The van der Waals surface area contributed by atoms with Gasteiger partial charge in [-0.2, -0.15) is 0 Å². The number of amides is 1. The van der Waals surface area contributed by atoms with E-state index in [-0.39, 0.29) is 5.91 Å². The average Bonchev–Trinajstić information content (AvgIpc) is 2.31. The zero-order chi connectivity index (χ0) is 12.7. The first-order valence-corrected chi connectivity index (χ1v) is 6.23. The molecule has 0 spiro atoms. The van der Waals surface area contributed by atoms with E-state index in [2.05, 4.69) is 12.2 Å². The van der Waals surface area contributed by atoms with E-state index in [1.807, 2.05) is 31.2 Å². The highest BCUT2D eigenvalue weighted by atomic mass is 16.1. The van der Waals surface area contributed by atoms with Crippen LogP contribution in [0.15, 0.2) is 24.3 Å². The van der Waals surface area contributed by atoms with Crippen LogP contribution in [0.5, 0.6) is 0 Å². The molecule has 1 aromatic carbocycles. The maximum Gasteiger partial charge on any atom is 0.224 e. The van der Waals surface area contributed by atoms with Crippen molar-refractivity contribution >= 4 is 11.6 Å². The summed E-state index contributed by atoms with van der Waals surface area (Å²) in [6, 6.07) is 7.80. The predicted molar refractivity (Wildman–Crippen MR) is 71.9 cm³/mol. The van der Waals surface area contributed by atoms with E-state index in [0.717, 1.165) is 24.1 Å². The van der Waals surface area contributed by atoms with Gasteiger partial charge in [-0.15, -0.1) is 0 Å². The van der Waals surface area contributed by atoms with E-state index in [4.69, 9.17) is 5.73 Å². The molecule has 17 heavy (non-hydrogen) atoms. The number of rotatable bonds is 6. The highest BCUT2D eigenvalue weighted by molar-refractivity contribution is 5.91. The molecule has 1 rings (SSSR count). The normalized spacial score (nSPS) is 12.2. The number of carbonyl (C=O) groups excluding carboxylic acids is 1. The van der Waals surface area contributed by atoms with Crippen molar-refractivity contribution < 1.29 is 4.79 Å². The molecule has 94 valence electrons. The molecule has 1 unspecified atom stereocenters. The molecular formula is C14H22N2O. The van der Waals surface area contributed by atoms with Crippen molar-refractivity contribution in [3.8, 4) is 0 Å². The summed E-state index contributed by atoms with van der Waals surface area (Å²) in [5.74, 6) is 0.354. The van der Waals surface area contributed by atoms with Crippen LogP contribution in [-0.2, 0) is 4.79 Å². The van der Waals surface area contributed by atoms with Crippen LogP contribution in [0.1, 0.15) is 31.7 Å². The second kappa shape index (κ2) is 7.07. The molecule has 0 fully saturated rings. The van der Waals surface area contributed by atoms with Crippen LogP contribution in [0, 0.1) is 12.8 Å². The van der Waals surface area contributed by atoms with Crippen LogP contribution in [0.4, 0.5) is 5.69 Å². The Balaban J connectivity index is 2.52. The van der Waals surface area contributed by atoms with Crippen molar-refractivity contribution in [2.45, 2.75) is 33.1 Å². The molecule has 0 heterocycles. The number of nitrogens with one attached hydrogen (secondary N) is 1. The molecule has 0 aliphatic rings. The topological polar surface area (TPSA) is 55.1 Å². The van der Waals surface area contributed by atoms with Gasteiger partial charge >= 0.3 is 0 Å². The minimum atomic E-state index is 0.0585. The van der Waals surface area contributed by atoms with Gasteiger partial charge < -0.3 is 11.1 Å². The Kier molecular flexibility index (Phi) is 5.70. The first kappa shape index (κ1) is 13.7. The fraction of sp³-hybridized carbons (Fsp3) is 0.500. The van der Waals surface area contributed by atoms with Crippen LogP contribution in [-0.4, -0.2) is 12.5 Å². The van der Waals surface area contributed by atoms with Crippen LogP contribution in [0.2, 0.25) is 0 Å². The van der Waals surface area contributed by atoms with Gasteiger partial charge in [0.2, 0.25) is 5.91 Å². The average molecular weight is 234 g/mol. The maximum atomic E-state index is 11.8. The van der Waals surface area contributed by atoms with Gasteiger partial charge in [-0.1, -0.05) is 31.5 Å². The van der Waals surface area contributed by atoms with Gasteiger partial charge in [0.25, 0.3) is 0 Å². The van der Waals surface area contributed by atoms with Crippen molar-refractivity contribution in [1.29, 1.82) is 0 Å². The van der Waals surface area contributed by atoms with Gasteiger partial charge in [0.1, 0.15) is 0 Å². The Labute approximate surface area is 103 Å². The summed E-state index contributed by atoms with van der Waals surface area (Å²) in [7, 11) is 0. The van der Waals surface area contributed by atoms with Gasteiger partial charge in [0, 0.05) is 12.1 Å². The van der Waals surface area contributed by atoms with E-state index < -0.39 is 0 Å². The molecule has 0 saturated heterocycles. The van der Waals surface area contributed by atoms with E-state index in [0.29, 0.717) is 18.9 Å². The number of aryl methyl sites for hydroxylation is 1. The Morgan fingerprint density at radius 1 is 1.41 bits per heavy atom. The molecule has 0 radical (unpaired) electrons. The van der Waals surface area contributed by atoms with Crippen molar-refractivity contribution in [3.05, 3.63) is 29.8 Å².